The molecule has 1 aliphatic rings. The molecule has 1 aliphatic heterocycles. The summed E-state index contributed by atoms with van der Waals surface area (Å²) in [4.78, 5) is 12.1. The maximum Gasteiger partial charge on any atom is 0.220 e. The Hall–Kier alpha value is -1.14. The Morgan fingerprint density at radius 2 is 2.14 bits per heavy atom. The van der Waals surface area contributed by atoms with E-state index in [9.17, 15) is 9.18 Å². The minimum Gasteiger partial charge on any atom is -0.389 e. The van der Waals surface area contributed by atoms with E-state index in [1.165, 1.54) is 6.07 Å². The van der Waals surface area contributed by atoms with Gasteiger partial charge in [0.25, 0.3) is 0 Å². The van der Waals surface area contributed by atoms with Crippen molar-refractivity contribution in [3.8, 4) is 0 Å². The van der Waals surface area contributed by atoms with Crippen molar-refractivity contribution in [2.45, 2.75) is 25.8 Å². The first-order valence-electron chi connectivity index (χ1n) is 6.99. The molecule has 0 atom stereocenters. The van der Waals surface area contributed by atoms with Crippen LogP contribution < -0.4 is 11.1 Å². The maximum absolute atomic E-state index is 13.9. The highest BCUT2D eigenvalue weighted by Gasteiger charge is 2.17. The molecule has 3 N–H and O–H groups in total. The number of rotatable bonds is 5. The number of carbonyl (C=O) groups is 1. The third-order valence-corrected chi connectivity index (χ3v) is 4.91. The molecular weight excluding hydrogens is 307 g/mol. The largest absolute Gasteiger partial charge is 0.389 e. The van der Waals surface area contributed by atoms with E-state index in [1.54, 1.807) is 12.1 Å². The molecule has 0 unspecified atom stereocenters. The van der Waals surface area contributed by atoms with Crippen molar-refractivity contribution in [3.05, 3.63) is 35.1 Å². The minimum atomic E-state index is -0.394. The second-order valence-electron chi connectivity index (χ2n) is 5.21. The van der Waals surface area contributed by atoms with Crippen molar-refractivity contribution in [1.82, 2.24) is 5.32 Å². The predicted octanol–water partition coefficient (Wildman–Crippen LogP) is 2.61. The molecule has 0 saturated carbocycles. The van der Waals surface area contributed by atoms with Crippen molar-refractivity contribution >= 4 is 34.9 Å². The lowest BCUT2D eigenvalue weighted by atomic mass is 9.98. The van der Waals surface area contributed by atoms with Gasteiger partial charge in [0.2, 0.25) is 5.91 Å². The average molecular weight is 326 g/mol. The fourth-order valence-electron chi connectivity index (χ4n) is 2.32. The summed E-state index contributed by atoms with van der Waals surface area (Å²) >= 11 is 6.74. The molecule has 114 valence electrons. The van der Waals surface area contributed by atoms with Crippen LogP contribution in [0.3, 0.4) is 0 Å². The second-order valence-corrected chi connectivity index (χ2v) is 6.87. The summed E-state index contributed by atoms with van der Waals surface area (Å²) in [6.45, 7) is 0.198. The first-order chi connectivity index (χ1) is 10.1. The van der Waals surface area contributed by atoms with Gasteiger partial charge in [-0.1, -0.05) is 24.4 Å². The second kappa shape index (κ2) is 7.75. The Morgan fingerprint density at radius 1 is 1.43 bits per heavy atom. The lowest BCUT2D eigenvalue weighted by molar-refractivity contribution is -0.122. The van der Waals surface area contributed by atoms with Crippen LogP contribution in [0.4, 0.5) is 4.39 Å². The van der Waals surface area contributed by atoms with Crippen molar-refractivity contribution in [1.29, 1.82) is 0 Å². The van der Waals surface area contributed by atoms with E-state index >= 15 is 0 Å². The zero-order chi connectivity index (χ0) is 15.2. The van der Waals surface area contributed by atoms with Crippen LogP contribution in [0.5, 0.6) is 0 Å². The Morgan fingerprint density at radius 3 is 2.76 bits per heavy atom. The van der Waals surface area contributed by atoms with Gasteiger partial charge in [0.15, 0.2) is 0 Å². The number of amides is 1. The van der Waals surface area contributed by atoms with Gasteiger partial charge >= 0.3 is 0 Å². The van der Waals surface area contributed by atoms with Crippen LogP contribution in [0.2, 0.25) is 0 Å². The highest BCUT2D eigenvalue weighted by atomic mass is 32.2. The summed E-state index contributed by atoms with van der Waals surface area (Å²) in [6, 6.07) is 4.59. The molecule has 0 bridgehead atoms. The van der Waals surface area contributed by atoms with Gasteiger partial charge in [-0.05, 0) is 36.3 Å². The van der Waals surface area contributed by atoms with Crippen molar-refractivity contribution in [2.75, 3.05) is 11.5 Å². The third-order valence-electron chi connectivity index (χ3n) is 3.63. The first kappa shape index (κ1) is 16.2. The zero-order valence-corrected chi connectivity index (χ0v) is 13.4. The van der Waals surface area contributed by atoms with Crippen LogP contribution in [0.25, 0.3) is 0 Å². The average Bonchev–Trinajstić information content (AvgIpc) is 2.47. The number of thioether (sulfide) groups is 1. The van der Waals surface area contributed by atoms with Gasteiger partial charge in [0.1, 0.15) is 10.8 Å². The van der Waals surface area contributed by atoms with Crippen LogP contribution in [-0.2, 0) is 11.3 Å². The van der Waals surface area contributed by atoms with E-state index in [4.69, 9.17) is 18.0 Å². The quantitative estimate of drug-likeness (QED) is 0.817. The number of thiocarbonyl (C=S) groups is 1. The molecule has 3 nitrogen and oxygen atoms in total. The van der Waals surface area contributed by atoms with Crippen LogP contribution >= 0.6 is 24.0 Å². The number of carbonyl (C=O) groups excluding carboxylic acids is 1. The van der Waals surface area contributed by atoms with Gasteiger partial charge in [-0.2, -0.15) is 11.8 Å². The van der Waals surface area contributed by atoms with Crippen molar-refractivity contribution in [3.63, 3.8) is 0 Å². The standard InChI is InChI=1S/C15H19FN2OS2/c16-13-8-11(15(17)20)1-2-12(13)9-18-14(19)7-10-3-5-21-6-4-10/h1-2,8,10H,3-7,9H2,(H2,17,20)(H,18,19). The molecular formula is C15H19FN2OS2. The van der Waals surface area contributed by atoms with E-state index in [0.717, 1.165) is 24.3 Å². The molecule has 0 radical (unpaired) electrons. The molecule has 1 amide bonds. The molecule has 1 aromatic rings. The number of nitrogens with one attached hydrogen (secondary N) is 1. The summed E-state index contributed by atoms with van der Waals surface area (Å²) in [5.41, 5.74) is 6.40. The van der Waals surface area contributed by atoms with Gasteiger partial charge in [0.05, 0.1) is 0 Å². The topological polar surface area (TPSA) is 55.1 Å². The molecule has 2 rings (SSSR count). The Bertz CT molecular complexity index is 530. The molecule has 1 heterocycles. The lowest BCUT2D eigenvalue weighted by Gasteiger charge is -2.20. The molecule has 1 saturated heterocycles. The van der Waals surface area contributed by atoms with Gasteiger partial charge in [-0.25, -0.2) is 4.39 Å². The fourth-order valence-corrected chi connectivity index (χ4v) is 3.65. The van der Waals surface area contributed by atoms with E-state index in [-0.39, 0.29) is 17.4 Å². The van der Waals surface area contributed by atoms with Crippen LogP contribution in [0, 0.1) is 11.7 Å². The smallest absolute Gasteiger partial charge is 0.220 e. The van der Waals surface area contributed by atoms with Crippen molar-refractivity contribution in [2.24, 2.45) is 11.7 Å². The normalized spacial score (nSPS) is 15.7. The number of halogens is 1. The van der Waals surface area contributed by atoms with E-state index in [1.807, 2.05) is 11.8 Å². The first-order valence-corrected chi connectivity index (χ1v) is 8.55. The summed E-state index contributed by atoms with van der Waals surface area (Å²) in [5.74, 6) is 2.33. The number of benzene rings is 1. The molecule has 21 heavy (non-hydrogen) atoms. The maximum atomic E-state index is 13.9. The lowest BCUT2D eigenvalue weighted by Crippen LogP contribution is -2.27. The van der Waals surface area contributed by atoms with Crippen molar-refractivity contribution < 1.29 is 9.18 Å². The highest BCUT2D eigenvalue weighted by molar-refractivity contribution is 7.99. The summed E-state index contributed by atoms with van der Waals surface area (Å²) in [7, 11) is 0. The number of nitrogens with two attached hydrogens (primary N) is 1. The SMILES string of the molecule is NC(=S)c1ccc(CNC(=O)CC2CCSCC2)c(F)c1. The van der Waals surface area contributed by atoms with Crippen LogP contribution in [-0.4, -0.2) is 22.4 Å². The van der Waals surface area contributed by atoms with E-state index in [2.05, 4.69) is 5.32 Å². The molecule has 1 aromatic carbocycles. The van der Waals surface area contributed by atoms with Gasteiger partial charge < -0.3 is 11.1 Å². The zero-order valence-electron chi connectivity index (χ0n) is 11.7. The molecule has 0 aliphatic carbocycles. The predicted molar refractivity (Wildman–Crippen MR) is 88.8 cm³/mol. The van der Waals surface area contributed by atoms with E-state index in [0.29, 0.717) is 23.5 Å². The fraction of sp³-hybridized carbons (Fsp3) is 0.467. The molecule has 1 fully saturated rings. The highest BCUT2D eigenvalue weighted by Crippen LogP contribution is 2.25. The molecule has 6 heteroatoms. The van der Waals surface area contributed by atoms with Gasteiger partial charge in [-0.15, -0.1) is 0 Å². The van der Waals surface area contributed by atoms with E-state index < -0.39 is 5.82 Å². The third kappa shape index (κ3) is 4.97. The Kier molecular flexibility index (Phi) is 5.99. The summed E-state index contributed by atoms with van der Waals surface area (Å²) < 4.78 is 13.9. The van der Waals surface area contributed by atoms with Gasteiger partial charge in [0, 0.05) is 24.1 Å². The van der Waals surface area contributed by atoms with Crippen LogP contribution in [0.1, 0.15) is 30.4 Å². The number of hydrogen-bond donors (Lipinski definition) is 2. The molecule has 0 spiro atoms. The summed E-state index contributed by atoms with van der Waals surface area (Å²) in [5, 5.41) is 2.79. The summed E-state index contributed by atoms with van der Waals surface area (Å²) in [6.07, 6.45) is 2.72. The molecule has 0 aromatic heterocycles. The Labute approximate surface area is 133 Å². The number of hydrogen-bond acceptors (Lipinski definition) is 3. The van der Waals surface area contributed by atoms with Gasteiger partial charge in [-0.3, -0.25) is 4.79 Å². The minimum absolute atomic E-state index is 0.00952. The van der Waals surface area contributed by atoms with Crippen LogP contribution in [0.15, 0.2) is 18.2 Å². The monoisotopic (exact) mass is 326 g/mol. The Balaban J connectivity index is 1.84.